The Morgan fingerprint density at radius 1 is 1.08 bits per heavy atom. The van der Waals surface area contributed by atoms with Crippen molar-refractivity contribution in [3.8, 4) is 0 Å². The van der Waals surface area contributed by atoms with Gasteiger partial charge in [-0.2, -0.15) is 0 Å². The van der Waals surface area contributed by atoms with Crippen molar-refractivity contribution in [1.29, 1.82) is 0 Å². The van der Waals surface area contributed by atoms with Crippen LogP contribution in [-0.4, -0.2) is 29.3 Å². The molecule has 0 spiro atoms. The number of hydrogen-bond acceptors (Lipinski definition) is 2. The summed E-state index contributed by atoms with van der Waals surface area (Å²) in [6.07, 6.45) is 8.26. The molecule has 0 aliphatic carbocycles. The molecule has 0 aromatic carbocycles. The fourth-order valence-electron chi connectivity index (χ4n) is 2.41. The van der Waals surface area contributed by atoms with Crippen molar-refractivity contribution in [1.82, 2.24) is 4.90 Å². The van der Waals surface area contributed by atoms with Gasteiger partial charge in [0.25, 0.3) is 0 Å². The Balaban J connectivity index is 5.42. The van der Waals surface area contributed by atoms with Crippen LogP contribution in [0.2, 0.25) is 0 Å². The van der Waals surface area contributed by atoms with Gasteiger partial charge in [0.15, 0.2) is 5.78 Å². The van der Waals surface area contributed by atoms with Crippen LogP contribution in [0.15, 0.2) is 48.6 Å². The van der Waals surface area contributed by atoms with Crippen molar-refractivity contribution < 1.29 is 4.79 Å². The molecule has 136 valence electrons. The average Bonchev–Trinajstić information content (AvgIpc) is 2.56. The Morgan fingerprint density at radius 3 is 2.04 bits per heavy atom. The van der Waals surface area contributed by atoms with E-state index in [1.165, 1.54) is 0 Å². The van der Waals surface area contributed by atoms with Crippen molar-refractivity contribution in [3.63, 3.8) is 0 Å². The molecule has 24 heavy (non-hydrogen) atoms. The molecule has 0 amide bonds. The van der Waals surface area contributed by atoms with E-state index in [0.29, 0.717) is 11.5 Å². The third-order valence-corrected chi connectivity index (χ3v) is 5.29. The highest BCUT2D eigenvalue weighted by atomic mass is 16.1. The average molecular weight is 332 g/mol. The normalized spacial score (nSPS) is 14.9. The molecule has 0 rings (SSSR count). The van der Waals surface area contributed by atoms with E-state index in [1.807, 2.05) is 32.1 Å². The van der Waals surface area contributed by atoms with Gasteiger partial charge in [-0.1, -0.05) is 72.1 Å². The number of carbonyl (C=O) groups excluding carboxylic acids is 1. The Hall–Kier alpha value is -1.41. The summed E-state index contributed by atoms with van der Waals surface area (Å²) < 4.78 is 0. The fraction of sp³-hybridized carbons (Fsp3) is 0.591. The second-order valence-electron chi connectivity index (χ2n) is 7.27. The molecule has 0 N–H and O–H groups in total. The van der Waals surface area contributed by atoms with E-state index in [0.717, 1.165) is 25.1 Å². The molecule has 0 aliphatic rings. The van der Waals surface area contributed by atoms with Crippen molar-refractivity contribution in [2.75, 3.05) is 13.1 Å². The second-order valence-corrected chi connectivity index (χ2v) is 7.27. The molecule has 2 heteroatoms. The van der Waals surface area contributed by atoms with E-state index in [9.17, 15) is 4.79 Å². The summed E-state index contributed by atoms with van der Waals surface area (Å²) in [6.45, 7) is 24.8. The molecule has 0 radical (unpaired) electrons. The first kappa shape index (κ1) is 22.6. The minimum Gasteiger partial charge on any atom is -0.294 e. The topological polar surface area (TPSA) is 20.3 Å². The molecule has 0 aromatic rings. The predicted molar refractivity (Wildman–Crippen MR) is 107 cm³/mol. The Bertz CT molecular complexity index is 494. The molecule has 0 saturated carbocycles. The minimum absolute atomic E-state index is 0.0295. The molecule has 0 fully saturated rings. The van der Waals surface area contributed by atoms with Crippen LogP contribution in [0.4, 0.5) is 0 Å². The molecular weight excluding hydrogens is 294 g/mol. The van der Waals surface area contributed by atoms with Crippen LogP contribution >= 0.6 is 0 Å². The first-order valence-electron chi connectivity index (χ1n) is 9.10. The smallest absolute Gasteiger partial charge is 0.165 e. The summed E-state index contributed by atoms with van der Waals surface area (Å²) in [4.78, 5) is 14.8. The van der Waals surface area contributed by atoms with E-state index in [1.54, 1.807) is 6.08 Å². The fourth-order valence-corrected chi connectivity index (χ4v) is 2.41. The van der Waals surface area contributed by atoms with Crippen LogP contribution in [0.5, 0.6) is 0 Å². The van der Waals surface area contributed by atoms with Gasteiger partial charge in [0.05, 0.1) is 0 Å². The van der Waals surface area contributed by atoms with Crippen molar-refractivity contribution in [2.24, 2.45) is 11.8 Å². The summed E-state index contributed by atoms with van der Waals surface area (Å²) in [5.41, 5.74) is 1.89. The molecule has 0 saturated heterocycles. The third kappa shape index (κ3) is 6.24. The lowest BCUT2D eigenvalue weighted by molar-refractivity contribution is -0.118. The largest absolute Gasteiger partial charge is 0.294 e. The summed E-state index contributed by atoms with van der Waals surface area (Å²) in [5, 5.41) is 0. The van der Waals surface area contributed by atoms with Gasteiger partial charge in [0, 0.05) is 23.6 Å². The van der Waals surface area contributed by atoms with Crippen LogP contribution in [0.1, 0.15) is 54.9 Å². The van der Waals surface area contributed by atoms with Gasteiger partial charge in [-0.3, -0.25) is 9.69 Å². The Kier molecular flexibility index (Phi) is 9.84. The number of hydrogen-bond donors (Lipinski definition) is 0. The zero-order valence-electron chi connectivity index (χ0n) is 16.9. The molecular formula is C22H37NO. The van der Waals surface area contributed by atoms with Gasteiger partial charge in [0.2, 0.25) is 0 Å². The number of rotatable bonds is 11. The maximum atomic E-state index is 12.3. The SMILES string of the molecule is C=C/C(=C\C=C(/C=C)C(=O)C(C)CC)CN(CC)C(C)(C)C(C)C. The van der Waals surface area contributed by atoms with Crippen LogP contribution in [0.3, 0.4) is 0 Å². The zero-order valence-corrected chi connectivity index (χ0v) is 16.9. The van der Waals surface area contributed by atoms with Crippen LogP contribution in [0, 0.1) is 11.8 Å². The monoisotopic (exact) mass is 331 g/mol. The molecule has 0 bridgehead atoms. The molecule has 0 aliphatic heterocycles. The van der Waals surface area contributed by atoms with Crippen molar-refractivity contribution in [3.05, 3.63) is 48.6 Å². The maximum absolute atomic E-state index is 12.3. The van der Waals surface area contributed by atoms with Gasteiger partial charge in [-0.15, -0.1) is 0 Å². The van der Waals surface area contributed by atoms with Gasteiger partial charge >= 0.3 is 0 Å². The highest BCUT2D eigenvalue weighted by molar-refractivity contribution is 5.99. The maximum Gasteiger partial charge on any atom is 0.165 e. The predicted octanol–water partition coefficient (Wildman–Crippen LogP) is 5.58. The minimum atomic E-state index is 0.0295. The van der Waals surface area contributed by atoms with Gasteiger partial charge in [-0.05, 0) is 38.3 Å². The highest BCUT2D eigenvalue weighted by Gasteiger charge is 2.28. The lowest BCUT2D eigenvalue weighted by Gasteiger charge is -2.41. The van der Waals surface area contributed by atoms with Crippen LogP contribution in [0.25, 0.3) is 0 Å². The Labute approximate surface area is 150 Å². The highest BCUT2D eigenvalue weighted by Crippen LogP contribution is 2.25. The second kappa shape index (κ2) is 10.5. The lowest BCUT2D eigenvalue weighted by atomic mass is 9.88. The van der Waals surface area contributed by atoms with E-state index in [4.69, 9.17) is 0 Å². The van der Waals surface area contributed by atoms with Gasteiger partial charge < -0.3 is 0 Å². The summed E-state index contributed by atoms with van der Waals surface area (Å²) in [7, 11) is 0. The number of nitrogens with zero attached hydrogens (tertiary/aromatic N) is 1. The lowest BCUT2D eigenvalue weighted by Crippen LogP contribution is -2.48. The zero-order chi connectivity index (χ0) is 18.9. The number of Topliss-reactive ketones (excluding diaryl/α,β-unsaturated/α-hetero) is 1. The van der Waals surface area contributed by atoms with Crippen LogP contribution in [-0.2, 0) is 4.79 Å². The van der Waals surface area contributed by atoms with Crippen LogP contribution < -0.4 is 0 Å². The first-order valence-corrected chi connectivity index (χ1v) is 9.10. The Morgan fingerprint density at radius 2 is 1.67 bits per heavy atom. The van der Waals surface area contributed by atoms with Gasteiger partial charge in [-0.25, -0.2) is 0 Å². The van der Waals surface area contributed by atoms with Gasteiger partial charge in [0.1, 0.15) is 0 Å². The quantitative estimate of drug-likeness (QED) is 0.364. The summed E-state index contributed by atoms with van der Waals surface area (Å²) >= 11 is 0. The standard InChI is InChI=1S/C22H37NO/c1-10-18(7)21(24)20(12-3)15-14-19(11-2)16-23(13-4)22(8,9)17(5)6/h11-12,14-15,17-18H,2-3,10,13,16H2,1,4-9H3/b19-14+,20-15+. The summed E-state index contributed by atoms with van der Waals surface area (Å²) in [5.74, 6) is 0.735. The molecule has 0 aromatic heterocycles. The van der Waals surface area contributed by atoms with E-state index in [2.05, 4.69) is 52.7 Å². The molecule has 2 nitrogen and oxygen atoms in total. The van der Waals surface area contributed by atoms with Crippen molar-refractivity contribution in [2.45, 2.75) is 60.4 Å². The molecule has 0 heterocycles. The van der Waals surface area contributed by atoms with E-state index < -0.39 is 0 Å². The van der Waals surface area contributed by atoms with E-state index >= 15 is 0 Å². The number of ketones is 1. The third-order valence-electron chi connectivity index (χ3n) is 5.29. The number of carbonyl (C=O) groups is 1. The number of allylic oxidation sites excluding steroid dienone is 4. The first-order chi connectivity index (χ1) is 11.1. The van der Waals surface area contributed by atoms with Crippen molar-refractivity contribution >= 4 is 5.78 Å². The molecule has 1 unspecified atom stereocenters. The molecule has 1 atom stereocenters. The van der Waals surface area contributed by atoms with E-state index in [-0.39, 0.29) is 17.2 Å². The number of likely N-dealkylation sites (N-methyl/N-ethyl adjacent to an activating group) is 1. The summed E-state index contributed by atoms with van der Waals surface area (Å²) in [6, 6.07) is 0.